The number of rotatable bonds is 11. The van der Waals surface area contributed by atoms with Crippen LogP contribution in [0.5, 0.6) is 5.75 Å². The van der Waals surface area contributed by atoms with Crippen molar-refractivity contribution in [3.8, 4) is 5.75 Å². The Morgan fingerprint density at radius 2 is 2.12 bits per heavy atom. The van der Waals surface area contributed by atoms with E-state index in [9.17, 15) is 10.1 Å². The Kier molecular flexibility index (Phi) is 11.4. The van der Waals surface area contributed by atoms with Gasteiger partial charge in [0.2, 0.25) is 0 Å². The highest BCUT2D eigenvalue weighted by Gasteiger charge is 2.01. The second-order valence-corrected chi connectivity index (χ2v) is 5.37. The second-order valence-electron chi connectivity index (χ2n) is 5.37. The minimum Gasteiger partial charge on any atom is -0.494 e. The van der Waals surface area contributed by atoms with E-state index in [1.54, 1.807) is 0 Å². The first-order valence-electron chi connectivity index (χ1n) is 7.70. The number of nitrogens with one attached hydrogen (secondary N) is 2. The Morgan fingerprint density at radius 3 is 2.75 bits per heavy atom. The zero-order valence-corrected chi connectivity index (χ0v) is 15.3. The SMILES string of the molecule is CCN/C(=C\[N+](=O)[O-])NCCCOc1cccc(CN(C)C)c1.Cl. The van der Waals surface area contributed by atoms with Crippen LogP contribution in [0.3, 0.4) is 0 Å². The zero-order valence-electron chi connectivity index (χ0n) is 14.4. The number of benzene rings is 1. The molecule has 1 aromatic rings. The molecule has 2 N–H and O–H groups in total. The summed E-state index contributed by atoms with van der Waals surface area (Å²) in [4.78, 5) is 12.1. The zero-order chi connectivity index (χ0) is 17.1. The number of halogens is 1. The first-order valence-corrected chi connectivity index (χ1v) is 7.70. The maximum Gasteiger partial charge on any atom is 0.274 e. The van der Waals surface area contributed by atoms with Crippen LogP contribution in [0.4, 0.5) is 0 Å². The molecule has 0 spiro atoms. The van der Waals surface area contributed by atoms with E-state index in [4.69, 9.17) is 4.74 Å². The summed E-state index contributed by atoms with van der Waals surface area (Å²) in [6, 6.07) is 8.02. The van der Waals surface area contributed by atoms with Crippen molar-refractivity contribution in [3.05, 3.63) is 52.0 Å². The molecule has 0 aliphatic rings. The fraction of sp³-hybridized carbons (Fsp3) is 0.500. The van der Waals surface area contributed by atoms with Gasteiger partial charge < -0.3 is 20.3 Å². The fourth-order valence-electron chi connectivity index (χ4n) is 2.03. The molecule has 0 radical (unpaired) electrons. The number of nitro groups is 1. The summed E-state index contributed by atoms with van der Waals surface area (Å²) < 4.78 is 5.72. The van der Waals surface area contributed by atoms with Crippen LogP contribution in [0.1, 0.15) is 18.9 Å². The summed E-state index contributed by atoms with van der Waals surface area (Å²) in [5, 5.41) is 16.4. The van der Waals surface area contributed by atoms with Gasteiger partial charge in [-0.05, 0) is 45.1 Å². The third kappa shape index (κ3) is 9.91. The highest BCUT2D eigenvalue weighted by atomic mass is 35.5. The lowest BCUT2D eigenvalue weighted by molar-refractivity contribution is -0.404. The number of ether oxygens (including phenoxy) is 1. The second kappa shape index (κ2) is 12.4. The number of nitrogens with zero attached hydrogens (tertiary/aromatic N) is 2. The van der Waals surface area contributed by atoms with Crippen LogP contribution in [0, 0.1) is 10.1 Å². The predicted octanol–water partition coefficient (Wildman–Crippen LogP) is 2.21. The summed E-state index contributed by atoms with van der Waals surface area (Å²) in [5.41, 5.74) is 1.20. The monoisotopic (exact) mass is 358 g/mol. The maximum absolute atomic E-state index is 10.5. The van der Waals surface area contributed by atoms with Gasteiger partial charge in [0, 0.05) is 19.6 Å². The van der Waals surface area contributed by atoms with Gasteiger partial charge in [-0.2, -0.15) is 0 Å². The summed E-state index contributed by atoms with van der Waals surface area (Å²) in [5.74, 6) is 1.27. The van der Waals surface area contributed by atoms with Crippen LogP contribution in [0.25, 0.3) is 0 Å². The molecule has 24 heavy (non-hydrogen) atoms. The molecule has 0 saturated heterocycles. The molecular formula is C16H27ClN4O3. The average Bonchev–Trinajstić information content (AvgIpc) is 2.46. The molecule has 0 aromatic heterocycles. The van der Waals surface area contributed by atoms with Crippen LogP contribution >= 0.6 is 12.4 Å². The summed E-state index contributed by atoms with van der Waals surface area (Å²) in [6.07, 6.45) is 1.69. The van der Waals surface area contributed by atoms with E-state index in [1.807, 2.05) is 39.2 Å². The molecule has 0 saturated carbocycles. The van der Waals surface area contributed by atoms with Gasteiger partial charge in [-0.1, -0.05) is 12.1 Å². The molecule has 0 aliphatic carbocycles. The molecule has 0 atom stereocenters. The summed E-state index contributed by atoms with van der Waals surface area (Å²) >= 11 is 0. The lowest BCUT2D eigenvalue weighted by atomic mass is 10.2. The summed E-state index contributed by atoms with van der Waals surface area (Å²) in [6.45, 7) is 4.54. The van der Waals surface area contributed by atoms with Gasteiger partial charge in [-0.15, -0.1) is 12.4 Å². The lowest BCUT2D eigenvalue weighted by Crippen LogP contribution is -2.28. The van der Waals surface area contributed by atoms with Gasteiger partial charge in [0.25, 0.3) is 6.20 Å². The predicted molar refractivity (Wildman–Crippen MR) is 97.9 cm³/mol. The van der Waals surface area contributed by atoms with Crippen LogP contribution < -0.4 is 15.4 Å². The van der Waals surface area contributed by atoms with Crippen molar-refractivity contribution < 1.29 is 9.66 Å². The Bertz CT molecular complexity index is 524. The first kappa shape index (κ1) is 22.0. The van der Waals surface area contributed by atoms with Gasteiger partial charge in [-0.25, -0.2) is 0 Å². The molecule has 1 aromatic carbocycles. The van der Waals surface area contributed by atoms with Gasteiger partial charge in [0.05, 0.1) is 11.5 Å². The van der Waals surface area contributed by atoms with Crippen LogP contribution in [0.2, 0.25) is 0 Å². The highest BCUT2D eigenvalue weighted by Crippen LogP contribution is 2.14. The van der Waals surface area contributed by atoms with Gasteiger partial charge in [0.1, 0.15) is 5.75 Å². The van der Waals surface area contributed by atoms with E-state index in [1.165, 1.54) is 5.56 Å². The molecule has 8 heteroatoms. The molecule has 0 unspecified atom stereocenters. The Hall–Kier alpha value is -1.99. The van der Waals surface area contributed by atoms with Gasteiger partial charge >= 0.3 is 0 Å². The Morgan fingerprint density at radius 1 is 1.38 bits per heavy atom. The third-order valence-corrected chi connectivity index (χ3v) is 2.90. The largest absolute Gasteiger partial charge is 0.494 e. The van der Waals surface area contributed by atoms with Crippen LogP contribution in [-0.2, 0) is 6.54 Å². The van der Waals surface area contributed by atoms with Crippen LogP contribution in [-0.4, -0.2) is 43.6 Å². The van der Waals surface area contributed by atoms with E-state index in [-0.39, 0.29) is 12.4 Å². The Labute approximate surface area is 149 Å². The molecule has 0 bridgehead atoms. The highest BCUT2D eigenvalue weighted by molar-refractivity contribution is 5.85. The summed E-state index contributed by atoms with van der Waals surface area (Å²) in [7, 11) is 4.05. The Balaban J connectivity index is 0.00000529. The molecule has 0 heterocycles. The molecule has 0 aliphatic heterocycles. The molecule has 0 amide bonds. The van der Waals surface area contributed by atoms with Crippen molar-refractivity contribution in [2.45, 2.75) is 19.9 Å². The van der Waals surface area contributed by atoms with Gasteiger partial charge in [0.15, 0.2) is 5.82 Å². The minimum atomic E-state index is -0.474. The molecule has 7 nitrogen and oxygen atoms in total. The number of hydrogen-bond donors (Lipinski definition) is 2. The van der Waals surface area contributed by atoms with Crippen LogP contribution in [0.15, 0.2) is 36.3 Å². The lowest BCUT2D eigenvalue weighted by Gasteiger charge is -2.12. The normalized spacial score (nSPS) is 10.9. The van der Waals surface area contributed by atoms with Gasteiger partial charge in [-0.3, -0.25) is 10.1 Å². The quantitative estimate of drug-likeness (QED) is 0.358. The molecule has 136 valence electrons. The van der Waals surface area contributed by atoms with Crippen molar-refractivity contribution in [1.29, 1.82) is 0 Å². The van der Waals surface area contributed by atoms with E-state index in [0.717, 1.165) is 24.9 Å². The molecule has 0 fully saturated rings. The van der Waals surface area contributed by atoms with E-state index in [2.05, 4.69) is 21.6 Å². The average molecular weight is 359 g/mol. The standard InChI is InChI=1S/C16H26N4O3.ClH/c1-4-17-16(13-20(21)22)18-9-6-10-23-15-8-5-7-14(11-15)12-19(2)3;/h5,7-8,11,13,17-18H,4,6,9-10,12H2,1-3H3;1H/b16-13+;. The van der Waals surface area contributed by atoms with Crippen molar-refractivity contribution >= 4 is 12.4 Å². The smallest absolute Gasteiger partial charge is 0.274 e. The van der Waals surface area contributed by atoms with E-state index >= 15 is 0 Å². The van der Waals surface area contributed by atoms with Crippen molar-refractivity contribution in [1.82, 2.24) is 15.5 Å². The topological polar surface area (TPSA) is 79.7 Å². The number of hydrogen-bond acceptors (Lipinski definition) is 6. The first-order chi connectivity index (χ1) is 11.0. The van der Waals surface area contributed by atoms with Crippen molar-refractivity contribution in [2.75, 3.05) is 33.8 Å². The third-order valence-electron chi connectivity index (χ3n) is 2.90. The fourth-order valence-corrected chi connectivity index (χ4v) is 2.03. The van der Waals surface area contributed by atoms with E-state index in [0.29, 0.717) is 25.5 Å². The maximum atomic E-state index is 10.5. The minimum absolute atomic E-state index is 0. The molecule has 1 rings (SSSR count). The van der Waals surface area contributed by atoms with Crippen molar-refractivity contribution in [2.24, 2.45) is 0 Å². The van der Waals surface area contributed by atoms with Crippen molar-refractivity contribution in [3.63, 3.8) is 0 Å². The molecular weight excluding hydrogens is 332 g/mol. The van der Waals surface area contributed by atoms with E-state index < -0.39 is 4.92 Å².